The molecule has 3 heterocycles. The summed E-state index contributed by atoms with van der Waals surface area (Å²) in [5.41, 5.74) is 0.375. The molecule has 0 saturated carbocycles. The molecule has 0 radical (unpaired) electrons. The molecule has 1 amide bonds. The molecule has 3 aromatic rings. The van der Waals surface area contributed by atoms with Crippen molar-refractivity contribution in [1.29, 1.82) is 0 Å². The number of nitrogens with one attached hydrogen (secondary N) is 1. The van der Waals surface area contributed by atoms with Crippen LogP contribution in [0.2, 0.25) is 0 Å². The largest absolute Gasteiger partial charge is 0.441 e. The first kappa shape index (κ1) is 19.8. The lowest BCUT2D eigenvalue weighted by Gasteiger charge is -2.26. The van der Waals surface area contributed by atoms with E-state index >= 15 is 0 Å². The SMILES string of the molecule is O=C(CCc1ncc(-c2ccccc2F)o1)NCC(c1cccs1)N1CCCC1. The number of thiophene rings is 1. The molecule has 2 aromatic heterocycles. The molecule has 1 saturated heterocycles. The molecule has 5 nitrogen and oxygen atoms in total. The Morgan fingerprint density at radius 2 is 2.07 bits per heavy atom. The molecule has 1 unspecified atom stereocenters. The number of benzene rings is 1. The van der Waals surface area contributed by atoms with Crippen LogP contribution in [0.4, 0.5) is 4.39 Å². The highest BCUT2D eigenvalue weighted by Gasteiger charge is 2.24. The minimum atomic E-state index is -0.352. The molecule has 1 aliphatic rings. The molecule has 1 aromatic carbocycles. The van der Waals surface area contributed by atoms with E-state index in [2.05, 4.69) is 32.7 Å². The van der Waals surface area contributed by atoms with Crippen molar-refractivity contribution in [3.8, 4) is 11.3 Å². The molecule has 1 N–H and O–H groups in total. The normalized spacial score (nSPS) is 15.5. The summed E-state index contributed by atoms with van der Waals surface area (Å²) >= 11 is 1.73. The maximum atomic E-state index is 13.9. The van der Waals surface area contributed by atoms with E-state index in [9.17, 15) is 9.18 Å². The van der Waals surface area contributed by atoms with E-state index in [0.29, 0.717) is 30.2 Å². The van der Waals surface area contributed by atoms with Gasteiger partial charge < -0.3 is 9.73 Å². The summed E-state index contributed by atoms with van der Waals surface area (Å²) in [4.78, 5) is 20.3. The predicted octanol–water partition coefficient (Wildman–Crippen LogP) is 4.43. The summed E-state index contributed by atoms with van der Waals surface area (Å²) in [6.45, 7) is 2.76. The number of aromatic nitrogens is 1. The lowest BCUT2D eigenvalue weighted by Crippen LogP contribution is -2.36. The van der Waals surface area contributed by atoms with Crippen LogP contribution in [-0.2, 0) is 11.2 Å². The van der Waals surface area contributed by atoms with Crippen LogP contribution in [0.5, 0.6) is 0 Å². The monoisotopic (exact) mass is 413 g/mol. The smallest absolute Gasteiger partial charge is 0.220 e. The van der Waals surface area contributed by atoms with Crippen LogP contribution in [-0.4, -0.2) is 35.4 Å². The average molecular weight is 414 g/mol. The first-order chi connectivity index (χ1) is 14.2. The van der Waals surface area contributed by atoms with Crippen molar-refractivity contribution in [2.75, 3.05) is 19.6 Å². The number of likely N-dealkylation sites (tertiary alicyclic amines) is 1. The molecule has 4 rings (SSSR count). The van der Waals surface area contributed by atoms with Crippen LogP contribution in [0, 0.1) is 5.82 Å². The van der Waals surface area contributed by atoms with Gasteiger partial charge in [0.25, 0.3) is 0 Å². The fraction of sp³-hybridized carbons (Fsp3) is 0.364. The van der Waals surface area contributed by atoms with Crippen molar-refractivity contribution in [3.05, 3.63) is 64.6 Å². The highest BCUT2D eigenvalue weighted by atomic mass is 32.1. The number of amides is 1. The first-order valence-electron chi connectivity index (χ1n) is 9.94. The highest BCUT2D eigenvalue weighted by Crippen LogP contribution is 2.28. The Morgan fingerprint density at radius 1 is 1.24 bits per heavy atom. The van der Waals surface area contributed by atoms with Gasteiger partial charge in [-0.1, -0.05) is 18.2 Å². The molecule has 152 valence electrons. The van der Waals surface area contributed by atoms with E-state index < -0.39 is 0 Å². The summed E-state index contributed by atoms with van der Waals surface area (Å²) in [5, 5.41) is 5.14. The molecule has 0 bridgehead atoms. The molecule has 1 fully saturated rings. The zero-order valence-electron chi connectivity index (χ0n) is 16.1. The van der Waals surface area contributed by atoms with Gasteiger partial charge in [-0.15, -0.1) is 11.3 Å². The van der Waals surface area contributed by atoms with Gasteiger partial charge in [-0.25, -0.2) is 9.37 Å². The summed E-state index contributed by atoms with van der Waals surface area (Å²) in [7, 11) is 0. The number of hydrogen-bond donors (Lipinski definition) is 1. The van der Waals surface area contributed by atoms with Crippen LogP contribution < -0.4 is 5.32 Å². The van der Waals surface area contributed by atoms with Crippen LogP contribution in [0.15, 0.2) is 52.4 Å². The summed E-state index contributed by atoms with van der Waals surface area (Å²) < 4.78 is 19.5. The van der Waals surface area contributed by atoms with Gasteiger partial charge in [-0.3, -0.25) is 9.69 Å². The van der Waals surface area contributed by atoms with Crippen molar-refractivity contribution < 1.29 is 13.6 Å². The highest BCUT2D eigenvalue weighted by molar-refractivity contribution is 7.10. The third-order valence-corrected chi connectivity index (χ3v) is 6.18. The average Bonchev–Trinajstić information content (AvgIpc) is 3.49. The number of halogens is 1. The van der Waals surface area contributed by atoms with Gasteiger partial charge in [-0.2, -0.15) is 0 Å². The molecule has 7 heteroatoms. The number of hydrogen-bond acceptors (Lipinski definition) is 5. The number of carbonyl (C=O) groups excluding carboxylic acids is 1. The first-order valence-corrected chi connectivity index (χ1v) is 10.8. The van der Waals surface area contributed by atoms with Gasteiger partial charge in [0.05, 0.1) is 17.8 Å². The lowest BCUT2D eigenvalue weighted by atomic mass is 10.2. The molecule has 1 aliphatic heterocycles. The van der Waals surface area contributed by atoms with Crippen molar-refractivity contribution in [1.82, 2.24) is 15.2 Å². The second-order valence-electron chi connectivity index (χ2n) is 7.18. The van der Waals surface area contributed by atoms with Gasteiger partial charge in [0.2, 0.25) is 5.91 Å². The maximum Gasteiger partial charge on any atom is 0.220 e. The van der Waals surface area contributed by atoms with Crippen LogP contribution in [0.25, 0.3) is 11.3 Å². The number of rotatable bonds is 8. The van der Waals surface area contributed by atoms with E-state index in [0.717, 1.165) is 13.1 Å². The molecular weight excluding hydrogens is 389 g/mol. The van der Waals surface area contributed by atoms with Crippen LogP contribution in [0.3, 0.4) is 0 Å². The molecule has 1 atom stereocenters. The van der Waals surface area contributed by atoms with E-state index in [-0.39, 0.29) is 24.2 Å². The van der Waals surface area contributed by atoms with Crippen molar-refractivity contribution in [2.45, 2.75) is 31.7 Å². The zero-order chi connectivity index (χ0) is 20.1. The van der Waals surface area contributed by atoms with Crippen molar-refractivity contribution in [3.63, 3.8) is 0 Å². The number of aryl methyl sites for hydroxylation is 1. The van der Waals surface area contributed by atoms with E-state index in [4.69, 9.17) is 4.42 Å². The Morgan fingerprint density at radius 3 is 2.83 bits per heavy atom. The van der Waals surface area contributed by atoms with Gasteiger partial charge in [0.1, 0.15) is 5.82 Å². The Bertz CT molecular complexity index is 935. The molecule has 0 spiro atoms. The van der Waals surface area contributed by atoms with E-state index in [1.807, 2.05) is 0 Å². The fourth-order valence-corrected chi connectivity index (χ4v) is 4.54. The summed E-state index contributed by atoms with van der Waals surface area (Å²) in [5.74, 6) is 0.434. The van der Waals surface area contributed by atoms with Crippen LogP contribution in [0.1, 0.15) is 36.1 Å². The predicted molar refractivity (Wildman–Crippen MR) is 111 cm³/mol. The second kappa shape index (κ2) is 9.33. The molecule has 29 heavy (non-hydrogen) atoms. The Balaban J connectivity index is 1.30. The summed E-state index contributed by atoms with van der Waals surface area (Å²) in [6, 6.07) is 10.8. The molecule has 0 aliphatic carbocycles. The van der Waals surface area contributed by atoms with Gasteiger partial charge in [0.15, 0.2) is 11.7 Å². The topological polar surface area (TPSA) is 58.4 Å². The van der Waals surface area contributed by atoms with Gasteiger partial charge in [-0.05, 0) is 49.5 Å². The Hall–Kier alpha value is -2.51. The number of carbonyl (C=O) groups is 1. The lowest BCUT2D eigenvalue weighted by molar-refractivity contribution is -0.121. The minimum absolute atomic E-state index is 0.0311. The number of oxazole rings is 1. The maximum absolute atomic E-state index is 13.9. The third kappa shape index (κ3) is 4.92. The summed E-state index contributed by atoms with van der Waals surface area (Å²) in [6.07, 6.45) is 4.60. The quantitative estimate of drug-likeness (QED) is 0.594. The van der Waals surface area contributed by atoms with Crippen molar-refractivity contribution >= 4 is 17.2 Å². The van der Waals surface area contributed by atoms with E-state index in [1.165, 1.54) is 30.0 Å². The van der Waals surface area contributed by atoms with Crippen molar-refractivity contribution in [2.24, 2.45) is 0 Å². The van der Waals surface area contributed by atoms with Crippen LogP contribution >= 0.6 is 11.3 Å². The standard InChI is InChI=1S/C22H24FN3O2S/c23-17-7-2-1-6-16(17)19-15-25-22(28-19)10-9-21(27)24-14-18(20-8-5-13-29-20)26-11-3-4-12-26/h1-2,5-8,13,15,18H,3-4,9-12,14H2,(H,24,27). The Labute approximate surface area is 173 Å². The fourth-order valence-electron chi connectivity index (χ4n) is 3.67. The van der Waals surface area contributed by atoms with E-state index in [1.54, 1.807) is 29.5 Å². The number of nitrogens with zero attached hydrogens (tertiary/aromatic N) is 2. The molecular formula is C22H24FN3O2S. The minimum Gasteiger partial charge on any atom is -0.441 e. The van der Waals surface area contributed by atoms with Gasteiger partial charge >= 0.3 is 0 Å². The Kier molecular flexibility index (Phi) is 6.36. The van der Waals surface area contributed by atoms with Gasteiger partial charge in [0, 0.05) is 24.3 Å². The second-order valence-corrected chi connectivity index (χ2v) is 8.16. The zero-order valence-corrected chi connectivity index (χ0v) is 17.0. The third-order valence-electron chi connectivity index (χ3n) is 5.20.